The second-order valence-corrected chi connectivity index (χ2v) is 4.03. The second kappa shape index (κ2) is 7.51. The zero-order valence-electron chi connectivity index (χ0n) is 11.4. The molecule has 5 N–H and O–H groups in total. The average molecular weight is 313 g/mol. The highest BCUT2D eigenvalue weighted by molar-refractivity contribution is 6.04. The number of fused-ring (bicyclic) bond motifs is 1. The minimum absolute atomic E-state index is 0. The third kappa shape index (κ3) is 3.87. The van der Waals surface area contributed by atoms with Gasteiger partial charge in [-0.25, -0.2) is 0 Å². The Balaban J connectivity index is 0.00000220. The summed E-state index contributed by atoms with van der Waals surface area (Å²) in [5, 5.41) is 12.2. The smallest absolute Gasteiger partial charge is 0.296 e. The number of nitrogens with one attached hydrogen (secondary N) is 2. The van der Waals surface area contributed by atoms with E-state index in [1.807, 2.05) is 12.1 Å². The number of nitrogens with zero attached hydrogens (tertiary/aromatic N) is 1. The summed E-state index contributed by atoms with van der Waals surface area (Å²) in [6.45, 7) is 0.109. The Labute approximate surface area is 127 Å². The number of carbonyl (C=O) groups excluding carboxylic acids is 1. The number of H-pyrrole nitrogens is 1. The number of hydrogen-bond acceptors (Lipinski definition) is 3. The van der Waals surface area contributed by atoms with Crippen LogP contribution in [-0.2, 0) is 0 Å². The first-order valence-corrected chi connectivity index (χ1v) is 6.07. The van der Waals surface area contributed by atoms with Crippen LogP contribution in [-0.4, -0.2) is 42.2 Å². The first kappa shape index (κ1) is 16.8. The van der Waals surface area contributed by atoms with Crippen molar-refractivity contribution >= 4 is 35.2 Å². The molecule has 1 aromatic heterocycles. The lowest BCUT2D eigenvalue weighted by molar-refractivity contribution is 0.0998. The number of aliphatic hydroxyl groups is 1. The Hall–Kier alpha value is -2.25. The number of para-hydroxylation sites is 1. The Morgan fingerprint density at radius 3 is 2.95 bits per heavy atom. The summed E-state index contributed by atoms with van der Waals surface area (Å²) in [6, 6.07) is 7.09. The molecule has 0 bridgehead atoms. The number of aromatic nitrogens is 1. The third-order valence-corrected chi connectivity index (χ3v) is 2.68. The highest BCUT2D eigenvalue weighted by Crippen LogP contribution is 2.25. The van der Waals surface area contributed by atoms with E-state index in [0.717, 1.165) is 5.39 Å². The minimum atomic E-state index is -0.471. The molecular formula is C13H17ClN4O3. The molecular weight excluding hydrogens is 296 g/mol. The summed E-state index contributed by atoms with van der Waals surface area (Å²) in [5.41, 5.74) is 6.45. The number of hydrogen-bond donors (Lipinski definition) is 4. The zero-order chi connectivity index (χ0) is 14.5. The van der Waals surface area contributed by atoms with Gasteiger partial charge in [-0.05, 0) is 12.1 Å². The van der Waals surface area contributed by atoms with Crippen LogP contribution < -0.4 is 15.8 Å². The minimum Gasteiger partial charge on any atom is -0.489 e. The third-order valence-electron chi connectivity index (χ3n) is 2.68. The van der Waals surface area contributed by atoms with Gasteiger partial charge in [0, 0.05) is 12.4 Å². The number of halogens is 1. The van der Waals surface area contributed by atoms with Gasteiger partial charge in [0.05, 0.1) is 12.1 Å². The molecule has 0 unspecified atom stereocenters. The first-order valence-electron chi connectivity index (χ1n) is 6.07. The second-order valence-electron chi connectivity index (χ2n) is 4.03. The molecule has 8 heteroatoms. The molecule has 1 amide bonds. The summed E-state index contributed by atoms with van der Waals surface area (Å²) in [4.78, 5) is 18.5. The van der Waals surface area contributed by atoms with Crippen LogP contribution in [0.5, 0.6) is 5.75 Å². The number of nitrogens with two attached hydrogens (primary N) is 1. The highest BCUT2D eigenvalue weighted by atomic mass is 35.5. The molecule has 0 aliphatic carbocycles. The van der Waals surface area contributed by atoms with Crippen LogP contribution in [0.3, 0.4) is 0 Å². The maximum atomic E-state index is 11.9. The van der Waals surface area contributed by atoms with Crippen molar-refractivity contribution in [3.05, 3.63) is 30.0 Å². The van der Waals surface area contributed by atoms with Crippen molar-refractivity contribution in [3.63, 3.8) is 0 Å². The fourth-order valence-electron chi connectivity index (χ4n) is 1.75. The fraction of sp³-hybridized carbons (Fsp3) is 0.231. The van der Waals surface area contributed by atoms with E-state index in [1.54, 1.807) is 19.2 Å². The molecule has 1 heterocycles. The van der Waals surface area contributed by atoms with Crippen molar-refractivity contribution in [2.24, 2.45) is 10.7 Å². The summed E-state index contributed by atoms with van der Waals surface area (Å²) in [7, 11) is 1.58. The number of aliphatic hydroxyl groups excluding tert-OH is 1. The van der Waals surface area contributed by atoms with E-state index in [0.29, 0.717) is 17.0 Å². The van der Waals surface area contributed by atoms with E-state index in [2.05, 4.69) is 15.3 Å². The van der Waals surface area contributed by atoms with Crippen molar-refractivity contribution in [1.29, 1.82) is 0 Å². The van der Waals surface area contributed by atoms with E-state index in [1.165, 1.54) is 0 Å². The Kier molecular flexibility index (Phi) is 6.01. The standard InChI is InChI=1S/C13H16N4O3.ClH/c1-15-13(14)17-12(19)9-7-8-3-2-4-10(11(8)16-9)20-6-5-18;/h2-4,7,16,18H,5-6H2,1H3,(H3,14,15,17,19);1H. The Morgan fingerprint density at radius 1 is 1.52 bits per heavy atom. The van der Waals surface area contributed by atoms with E-state index >= 15 is 0 Å². The number of amides is 1. The van der Waals surface area contributed by atoms with Gasteiger partial charge in [-0.15, -0.1) is 12.4 Å². The van der Waals surface area contributed by atoms with Crippen LogP contribution in [0, 0.1) is 0 Å². The Morgan fingerprint density at radius 2 is 2.29 bits per heavy atom. The number of ether oxygens (including phenoxy) is 1. The summed E-state index contributed by atoms with van der Waals surface area (Å²) < 4.78 is 5.40. The molecule has 0 atom stereocenters. The van der Waals surface area contributed by atoms with Crippen molar-refractivity contribution in [2.75, 3.05) is 20.3 Å². The van der Waals surface area contributed by atoms with Gasteiger partial charge >= 0.3 is 0 Å². The number of aromatic amines is 1. The van der Waals surface area contributed by atoms with E-state index in [-0.39, 0.29) is 31.6 Å². The van der Waals surface area contributed by atoms with Crippen molar-refractivity contribution < 1.29 is 14.6 Å². The van der Waals surface area contributed by atoms with Crippen LogP contribution in [0.2, 0.25) is 0 Å². The molecule has 21 heavy (non-hydrogen) atoms. The van der Waals surface area contributed by atoms with Gasteiger partial charge in [0.1, 0.15) is 18.1 Å². The van der Waals surface area contributed by atoms with Gasteiger partial charge in [-0.3, -0.25) is 4.79 Å². The van der Waals surface area contributed by atoms with Gasteiger partial charge in [-0.2, -0.15) is 4.99 Å². The molecule has 1 aromatic carbocycles. The van der Waals surface area contributed by atoms with Crippen molar-refractivity contribution in [2.45, 2.75) is 0 Å². The predicted molar refractivity (Wildman–Crippen MR) is 83.1 cm³/mol. The first-order chi connectivity index (χ1) is 9.65. The molecule has 7 nitrogen and oxygen atoms in total. The maximum Gasteiger partial charge on any atom is 0.296 e. The highest BCUT2D eigenvalue weighted by Gasteiger charge is 2.12. The van der Waals surface area contributed by atoms with Gasteiger partial charge in [0.25, 0.3) is 5.91 Å². The summed E-state index contributed by atoms with van der Waals surface area (Å²) in [5.74, 6) is 0.146. The molecule has 0 radical (unpaired) electrons. The van der Waals surface area contributed by atoms with Crippen LogP contribution in [0.15, 0.2) is 29.3 Å². The molecule has 0 saturated heterocycles. The number of aliphatic imine (C=N–C) groups is 1. The van der Waals surface area contributed by atoms with E-state index in [4.69, 9.17) is 15.6 Å². The van der Waals surface area contributed by atoms with E-state index < -0.39 is 5.91 Å². The molecule has 2 rings (SSSR count). The molecule has 2 aromatic rings. The summed E-state index contributed by atoms with van der Waals surface area (Å²) in [6.07, 6.45) is 0. The molecule has 0 aliphatic heterocycles. The fourth-order valence-corrected chi connectivity index (χ4v) is 1.75. The zero-order valence-corrected chi connectivity index (χ0v) is 12.2. The van der Waals surface area contributed by atoms with Crippen molar-refractivity contribution in [3.8, 4) is 5.75 Å². The SMILES string of the molecule is CNC(N)=NC(=O)c1cc2cccc(OCCO)c2[nH]1.Cl. The average Bonchev–Trinajstić information content (AvgIpc) is 2.89. The lowest BCUT2D eigenvalue weighted by Gasteiger charge is -2.04. The van der Waals surface area contributed by atoms with Crippen LogP contribution >= 0.6 is 12.4 Å². The Bertz CT molecular complexity index is 654. The van der Waals surface area contributed by atoms with Gasteiger partial charge in [0.2, 0.25) is 0 Å². The lowest BCUT2D eigenvalue weighted by atomic mass is 10.2. The summed E-state index contributed by atoms with van der Waals surface area (Å²) >= 11 is 0. The molecule has 0 saturated carbocycles. The normalized spacial score (nSPS) is 11.0. The number of rotatable bonds is 4. The van der Waals surface area contributed by atoms with Gasteiger partial charge < -0.3 is 25.9 Å². The van der Waals surface area contributed by atoms with Crippen LogP contribution in [0.25, 0.3) is 10.9 Å². The molecule has 0 fully saturated rings. The predicted octanol–water partition coefficient (Wildman–Crippen LogP) is 0.635. The molecule has 114 valence electrons. The molecule has 0 spiro atoms. The van der Waals surface area contributed by atoms with Crippen molar-refractivity contribution in [1.82, 2.24) is 10.3 Å². The maximum absolute atomic E-state index is 11.9. The number of benzene rings is 1. The van der Waals surface area contributed by atoms with Gasteiger partial charge in [-0.1, -0.05) is 12.1 Å². The lowest BCUT2D eigenvalue weighted by Crippen LogP contribution is -2.28. The van der Waals surface area contributed by atoms with Crippen LogP contribution in [0.1, 0.15) is 10.5 Å². The molecule has 0 aliphatic rings. The van der Waals surface area contributed by atoms with E-state index in [9.17, 15) is 4.79 Å². The quantitative estimate of drug-likeness (QED) is 0.489. The monoisotopic (exact) mass is 312 g/mol. The number of carbonyl (C=O) groups is 1. The van der Waals surface area contributed by atoms with Crippen LogP contribution in [0.4, 0.5) is 0 Å². The number of guanidine groups is 1. The van der Waals surface area contributed by atoms with Gasteiger partial charge in [0.15, 0.2) is 5.96 Å². The largest absolute Gasteiger partial charge is 0.489 e. The topological polar surface area (TPSA) is 113 Å².